The highest BCUT2D eigenvalue weighted by Crippen LogP contribution is 2.21. The normalized spacial score (nSPS) is 10.0. The zero-order chi connectivity index (χ0) is 15.9. The molecule has 1 heterocycles. The van der Waals surface area contributed by atoms with E-state index in [9.17, 15) is 14.9 Å². The molecule has 0 spiro atoms. The smallest absolute Gasteiger partial charge is 0.270 e. The quantitative estimate of drug-likeness (QED) is 0.477. The van der Waals surface area contributed by atoms with Crippen LogP contribution in [0.15, 0.2) is 36.7 Å². The fourth-order valence-corrected chi connectivity index (χ4v) is 1.84. The van der Waals surface area contributed by atoms with E-state index >= 15 is 0 Å². The Morgan fingerprint density at radius 2 is 2.00 bits per heavy atom. The zero-order valence-corrected chi connectivity index (χ0v) is 12.1. The van der Waals surface area contributed by atoms with Crippen LogP contribution in [0.1, 0.15) is 10.4 Å². The summed E-state index contributed by atoms with van der Waals surface area (Å²) in [5.74, 6) is -0.0328. The summed E-state index contributed by atoms with van der Waals surface area (Å²) in [4.78, 5) is 30.0. The number of hydrogen-bond acceptors (Lipinski definition) is 6. The largest absolute Gasteiger partial charge is 0.352 e. The Hall–Kier alpha value is -2.74. The summed E-state index contributed by atoms with van der Waals surface area (Å²) in [7, 11) is 0. The van der Waals surface area contributed by atoms with Crippen LogP contribution in [0.25, 0.3) is 0 Å². The van der Waals surface area contributed by atoms with Crippen molar-refractivity contribution in [1.29, 1.82) is 0 Å². The molecule has 9 heteroatoms. The molecule has 0 saturated heterocycles. The van der Waals surface area contributed by atoms with Crippen LogP contribution in [0.2, 0.25) is 5.02 Å². The first-order chi connectivity index (χ1) is 10.6. The summed E-state index contributed by atoms with van der Waals surface area (Å²) in [6.45, 7) is 0.693. The van der Waals surface area contributed by atoms with Crippen LogP contribution >= 0.6 is 11.6 Å². The monoisotopic (exact) mass is 321 g/mol. The van der Waals surface area contributed by atoms with Gasteiger partial charge in [-0.25, -0.2) is 9.97 Å². The van der Waals surface area contributed by atoms with Crippen LogP contribution in [0, 0.1) is 10.1 Å². The molecule has 22 heavy (non-hydrogen) atoms. The second-order valence-electron chi connectivity index (χ2n) is 4.18. The van der Waals surface area contributed by atoms with Crippen molar-refractivity contribution in [2.45, 2.75) is 0 Å². The standard InChI is InChI=1S/C13H12ClN5O3/c14-11-3-2-9(19(21)22)8-10(11)12(20)15-6-7-18-13-16-4-1-5-17-13/h1-5,8H,6-7H2,(H,15,20)(H,16,17,18). The molecule has 0 bridgehead atoms. The molecule has 0 aliphatic rings. The maximum absolute atomic E-state index is 12.0. The van der Waals surface area contributed by atoms with E-state index < -0.39 is 10.8 Å². The van der Waals surface area contributed by atoms with E-state index in [0.29, 0.717) is 12.5 Å². The first kappa shape index (κ1) is 15.6. The number of non-ortho nitro benzene ring substituents is 1. The molecule has 8 nitrogen and oxygen atoms in total. The molecular weight excluding hydrogens is 310 g/mol. The number of carbonyl (C=O) groups is 1. The Morgan fingerprint density at radius 1 is 1.27 bits per heavy atom. The van der Waals surface area contributed by atoms with Gasteiger partial charge in [0.25, 0.3) is 11.6 Å². The Kier molecular flexibility index (Phi) is 5.21. The fourth-order valence-electron chi connectivity index (χ4n) is 1.64. The van der Waals surface area contributed by atoms with Crippen molar-refractivity contribution >= 4 is 29.1 Å². The summed E-state index contributed by atoms with van der Waals surface area (Å²) in [5.41, 5.74) is -0.128. The molecule has 1 amide bonds. The van der Waals surface area contributed by atoms with Gasteiger partial charge in [-0.2, -0.15) is 0 Å². The molecule has 0 fully saturated rings. The van der Waals surface area contributed by atoms with Crippen LogP contribution in [0.5, 0.6) is 0 Å². The lowest BCUT2D eigenvalue weighted by molar-refractivity contribution is -0.384. The molecule has 1 aromatic carbocycles. The summed E-state index contributed by atoms with van der Waals surface area (Å²) in [5, 5.41) is 16.4. The van der Waals surface area contributed by atoms with E-state index in [2.05, 4.69) is 20.6 Å². The lowest BCUT2D eigenvalue weighted by Gasteiger charge is -2.07. The zero-order valence-electron chi connectivity index (χ0n) is 11.3. The number of hydrogen-bond donors (Lipinski definition) is 2. The number of nitro benzene ring substituents is 1. The number of carbonyl (C=O) groups excluding carboxylic acids is 1. The van der Waals surface area contributed by atoms with Crippen molar-refractivity contribution in [3.8, 4) is 0 Å². The molecule has 0 aliphatic carbocycles. The molecule has 2 aromatic rings. The van der Waals surface area contributed by atoms with Gasteiger partial charge in [-0.15, -0.1) is 0 Å². The second kappa shape index (κ2) is 7.32. The van der Waals surface area contributed by atoms with Gasteiger partial charge >= 0.3 is 0 Å². The number of halogens is 1. The first-order valence-corrected chi connectivity index (χ1v) is 6.69. The number of nitro groups is 1. The van der Waals surface area contributed by atoms with E-state index in [4.69, 9.17) is 11.6 Å². The highest BCUT2D eigenvalue weighted by molar-refractivity contribution is 6.33. The molecule has 0 radical (unpaired) electrons. The fraction of sp³-hybridized carbons (Fsp3) is 0.154. The summed E-state index contributed by atoms with van der Waals surface area (Å²) < 4.78 is 0. The summed E-state index contributed by atoms with van der Waals surface area (Å²) in [6.07, 6.45) is 3.19. The van der Waals surface area contributed by atoms with Crippen molar-refractivity contribution in [2.75, 3.05) is 18.4 Å². The number of aromatic nitrogens is 2. The Morgan fingerprint density at radius 3 is 2.68 bits per heavy atom. The molecule has 2 rings (SSSR count). The Balaban J connectivity index is 1.89. The molecule has 1 aromatic heterocycles. The molecule has 0 saturated carbocycles. The maximum Gasteiger partial charge on any atom is 0.270 e. The van der Waals surface area contributed by atoms with Crippen LogP contribution in [-0.4, -0.2) is 33.9 Å². The van der Waals surface area contributed by atoms with Gasteiger partial charge in [0.05, 0.1) is 15.5 Å². The van der Waals surface area contributed by atoms with Crippen LogP contribution in [0.3, 0.4) is 0 Å². The van der Waals surface area contributed by atoms with Crippen molar-refractivity contribution in [3.05, 3.63) is 57.4 Å². The maximum atomic E-state index is 12.0. The van der Waals surface area contributed by atoms with Gasteiger partial charge in [-0.3, -0.25) is 14.9 Å². The molecule has 0 atom stereocenters. The van der Waals surface area contributed by atoms with E-state index in [1.165, 1.54) is 12.1 Å². The first-order valence-electron chi connectivity index (χ1n) is 6.31. The van der Waals surface area contributed by atoms with Gasteiger partial charge in [0.2, 0.25) is 5.95 Å². The van der Waals surface area contributed by atoms with E-state index in [-0.39, 0.29) is 22.8 Å². The van der Waals surface area contributed by atoms with Crippen molar-refractivity contribution in [2.24, 2.45) is 0 Å². The van der Waals surface area contributed by atoms with E-state index in [1.807, 2.05) is 0 Å². The lowest BCUT2D eigenvalue weighted by atomic mass is 10.2. The third-order valence-corrected chi connectivity index (χ3v) is 2.99. The third-order valence-electron chi connectivity index (χ3n) is 2.66. The molecule has 0 unspecified atom stereocenters. The van der Waals surface area contributed by atoms with Gasteiger partial charge in [0.1, 0.15) is 0 Å². The average Bonchev–Trinajstić information content (AvgIpc) is 2.52. The Labute approximate surface area is 130 Å². The topological polar surface area (TPSA) is 110 Å². The summed E-state index contributed by atoms with van der Waals surface area (Å²) in [6, 6.07) is 5.40. The minimum atomic E-state index is -0.582. The Bertz CT molecular complexity index is 681. The summed E-state index contributed by atoms with van der Waals surface area (Å²) >= 11 is 5.89. The molecule has 114 valence electrons. The van der Waals surface area contributed by atoms with Gasteiger partial charge in [-0.1, -0.05) is 11.6 Å². The molecular formula is C13H12ClN5O3. The van der Waals surface area contributed by atoms with Crippen LogP contribution in [-0.2, 0) is 0 Å². The van der Waals surface area contributed by atoms with Crippen LogP contribution < -0.4 is 10.6 Å². The predicted molar refractivity (Wildman–Crippen MR) is 81.0 cm³/mol. The number of rotatable bonds is 6. The number of nitrogens with one attached hydrogen (secondary N) is 2. The highest BCUT2D eigenvalue weighted by Gasteiger charge is 2.15. The number of nitrogens with zero attached hydrogens (tertiary/aromatic N) is 3. The number of benzene rings is 1. The van der Waals surface area contributed by atoms with Crippen LogP contribution in [0.4, 0.5) is 11.6 Å². The van der Waals surface area contributed by atoms with Crippen molar-refractivity contribution in [3.63, 3.8) is 0 Å². The lowest BCUT2D eigenvalue weighted by Crippen LogP contribution is -2.29. The number of amides is 1. The SMILES string of the molecule is O=C(NCCNc1ncccn1)c1cc([N+](=O)[O-])ccc1Cl. The van der Waals surface area contributed by atoms with Gasteiger partial charge in [0.15, 0.2) is 0 Å². The average molecular weight is 322 g/mol. The minimum Gasteiger partial charge on any atom is -0.352 e. The highest BCUT2D eigenvalue weighted by atomic mass is 35.5. The number of anilines is 1. The van der Waals surface area contributed by atoms with E-state index in [0.717, 1.165) is 6.07 Å². The van der Waals surface area contributed by atoms with Crippen molar-refractivity contribution < 1.29 is 9.72 Å². The molecule has 2 N–H and O–H groups in total. The van der Waals surface area contributed by atoms with E-state index in [1.54, 1.807) is 18.5 Å². The van der Waals surface area contributed by atoms with Crippen molar-refractivity contribution in [1.82, 2.24) is 15.3 Å². The van der Waals surface area contributed by atoms with Gasteiger partial charge in [-0.05, 0) is 12.1 Å². The van der Waals surface area contributed by atoms with Gasteiger partial charge in [0, 0.05) is 37.6 Å². The molecule has 0 aliphatic heterocycles. The third kappa shape index (κ3) is 4.13. The predicted octanol–water partition coefficient (Wildman–Crippen LogP) is 1.88. The van der Waals surface area contributed by atoms with Gasteiger partial charge < -0.3 is 10.6 Å². The second-order valence-corrected chi connectivity index (χ2v) is 4.58. The minimum absolute atomic E-state index is 0.0619.